The Hall–Kier alpha value is 0.1000. The third kappa shape index (κ3) is 10.9. The SMILES string of the molecule is CC(CCSC(F)(F)F)C(C)CNC(C)(C)C. The Morgan fingerprint density at radius 2 is 1.59 bits per heavy atom. The summed E-state index contributed by atoms with van der Waals surface area (Å²) >= 11 is 0.0825. The van der Waals surface area contributed by atoms with E-state index in [4.69, 9.17) is 0 Å². The lowest BCUT2D eigenvalue weighted by Gasteiger charge is -2.26. The molecule has 0 saturated carbocycles. The Balaban J connectivity index is 3.79. The van der Waals surface area contributed by atoms with Gasteiger partial charge in [0.25, 0.3) is 0 Å². The lowest BCUT2D eigenvalue weighted by molar-refractivity contribution is -0.0328. The quantitative estimate of drug-likeness (QED) is 0.773. The molecule has 0 fully saturated rings. The third-order valence-electron chi connectivity index (χ3n) is 2.76. The Morgan fingerprint density at radius 1 is 1.06 bits per heavy atom. The van der Waals surface area contributed by atoms with Gasteiger partial charge in [-0.15, -0.1) is 0 Å². The molecule has 0 aromatic rings. The Labute approximate surface area is 107 Å². The minimum absolute atomic E-state index is 0.0642. The summed E-state index contributed by atoms with van der Waals surface area (Å²) in [6.07, 6.45) is 0.608. The highest BCUT2D eigenvalue weighted by Gasteiger charge is 2.28. The van der Waals surface area contributed by atoms with Crippen LogP contribution in [0.3, 0.4) is 0 Å². The van der Waals surface area contributed by atoms with E-state index in [1.54, 1.807) is 0 Å². The molecule has 0 aliphatic carbocycles. The zero-order valence-corrected chi connectivity index (χ0v) is 12.1. The van der Waals surface area contributed by atoms with Crippen LogP contribution in [0.5, 0.6) is 0 Å². The molecule has 2 atom stereocenters. The lowest BCUT2D eigenvalue weighted by atomic mass is 9.92. The summed E-state index contributed by atoms with van der Waals surface area (Å²) in [6, 6.07) is 0. The van der Waals surface area contributed by atoms with Crippen LogP contribution in [0, 0.1) is 11.8 Å². The maximum Gasteiger partial charge on any atom is 0.441 e. The first-order valence-corrected chi connectivity index (χ1v) is 6.95. The summed E-state index contributed by atoms with van der Waals surface area (Å²) in [5.41, 5.74) is -4.03. The third-order valence-corrected chi connectivity index (χ3v) is 3.53. The van der Waals surface area contributed by atoms with Crippen molar-refractivity contribution in [2.75, 3.05) is 12.3 Å². The number of alkyl halides is 3. The monoisotopic (exact) mass is 271 g/mol. The number of hydrogen-bond acceptors (Lipinski definition) is 2. The molecule has 5 heteroatoms. The zero-order chi connectivity index (χ0) is 13.7. The topological polar surface area (TPSA) is 12.0 Å². The second kappa shape index (κ2) is 6.88. The summed E-state index contributed by atoms with van der Waals surface area (Å²) in [5, 5.41) is 3.38. The maximum atomic E-state index is 12.0. The van der Waals surface area contributed by atoms with Gasteiger partial charge in [0.2, 0.25) is 0 Å². The highest BCUT2D eigenvalue weighted by molar-refractivity contribution is 8.00. The number of rotatable bonds is 6. The first-order chi connectivity index (χ1) is 7.51. The molecule has 0 aromatic carbocycles. The molecule has 0 saturated heterocycles. The fraction of sp³-hybridized carbons (Fsp3) is 1.00. The van der Waals surface area contributed by atoms with Crippen molar-refractivity contribution in [3.05, 3.63) is 0 Å². The van der Waals surface area contributed by atoms with Gasteiger partial charge in [-0.2, -0.15) is 13.2 Å². The summed E-state index contributed by atoms with van der Waals surface area (Å²) in [7, 11) is 0. The van der Waals surface area contributed by atoms with E-state index in [2.05, 4.69) is 33.0 Å². The molecule has 0 bridgehead atoms. The minimum atomic E-state index is -4.09. The minimum Gasteiger partial charge on any atom is -0.312 e. The number of thioether (sulfide) groups is 1. The Kier molecular flexibility index (Phi) is 6.92. The summed E-state index contributed by atoms with van der Waals surface area (Å²) in [4.78, 5) is 0. The van der Waals surface area contributed by atoms with E-state index in [1.165, 1.54) is 0 Å². The van der Waals surface area contributed by atoms with Gasteiger partial charge in [-0.05, 0) is 45.6 Å². The molecule has 0 spiro atoms. The molecule has 104 valence electrons. The van der Waals surface area contributed by atoms with Crippen molar-refractivity contribution in [3.8, 4) is 0 Å². The van der Waals surface area contributed by atoms with Gasteiger partial charge in [0.1, 0.15) is 0 Å². The molecular formula is C12H24F3NS. The van der Waals surface area contributed by atoms with Gasteiger partial charge in [0.05, 0.1) is 0 Å². The Bertz CT molecular complexity index is 211. The molecule has 0 aromatic heterocycles. The number of nitrogens with one attached hydrogen (secondary N) is 1. The average Bonchev–Trinajstić information content (AvgIpc) is 2.10. The van der Waals surface area contributed by atoms with Gasteiger partial charge < -0.3 is 5.32 Å². The standard InChI is InChI=1S/C12H24F3NS/c1-9(6-7-17-12(13,14)15)10(2)8-16-11(3,4)5/h9-10,16H,6-8H2,1-5H3. The summed E-state index contributed by atoms with van der Waals surface area (Å²) < 4.78 is 35.9. The molecule has 1 N–H and O–H groups in total. The maximum absolute atomic E-state index is 12.0. The van der Waals surface area contributed by atoms with Gasteiger partial charge in [0, 0.05) is 11.3 Å². The van der Waals surface area contributed by atoms with Crippen LogP contribution >= 0.6 is 11.8 Å². The highest BCUT2D eigenvalue weighted by atomic mass is 32.2. The second-order valence-corrected chi connectivity index (χ2v) is 6.83. The highest BCUT2D eigenvalue weighted by Crippen LogP contribution is 2.32. The van der Waals surface area contributed by atoms with E-state index in [-0.39, 0.29) is 23.1 Å². The summed E-state index contributed by atoms with van der Waals surface area (Å²) in [5.74, 6) is 0.854. The van der Waals surface area contributed by atoms with Crippen LogP contribution in [0.2, 0.25) is 0 Å². The molecule has 0 radical (unpaired) electrons. The molecule has 2 unspecified atom stereocenters. The van der Waals surface area contributed by atoms with Crippen LogP contribution in [-0.4, -0.2) is 23.3 Å². The van der Waals surface area contributed by atoms with Crippen LogP contribution in [0.4, 0.5) is 13.2 Å². The van der Waals surface area contributed by atoms with Crippen LogP contribution in [0.1, 0.15) is 41.0 Å². The van der Waals surface area contributed by atoms with Crippen LogP contribution < -0.4 is 5.32 Å². The Morgan fingerprint density at radius 3 is 2.00 bits per heavy atom. The van der Waals surface area contributed by atoms with Crippen LogP contribution in [0.25, 0.3) is 0 Å². The number of halogens is 3. The second-order valence-electron chi connectivity index (χ2n) is 5.67. The van der Waals surface area contributed by atoms with Crippen molar-refractivity contribution in [1.82, 2.24) is 5.32 Å². The molecular weight excluding hydrogens is 247 g/mol. The molecule has 17 heavy (non-hydrogen) atoms. The molecule has 1 nitrogen and oxygen atoms in total. The van der Waals surface area contributed by atoms with Crippen LogP contribution in [-0.2, 0) is 0 Å². The van der Waals surface area contributed by atoms with Crippen molar-refractivity contribution >= 4 is 11.8 Å². The van der Waals surface area contributed by atoms with E-state index in [1.807, 2.05) is 6.92 Å². The van der Waals surface area contributed by atoms with Crippen molar-refractivity contribution in [3.63, 3.8) is 0 Å². The van der Waals surface area contributed by atoms with Gasteiger partial charge >= 0.3 is 5.51 Å². The predicted octanol–water partition coefficient (Wildman–Crippen LogP) is 4.29. The lowest BCUT2D eigenvalue weighted by Crippen LogP contribution is -2.39. The van der Waals surface area contributed by atoms with E-state index in [0.29, 0.717) is 18.3 Å². The fourth-order valence-corrected chi connectivity index (χ4v) is 2.03. The van der Waals surface area contributed by atoms with Crippen LogP contribution in [0.15, 0.2) is 0 Å². The summed E-state index contributed by atoms with van der Waals surface area (Å²) in [6.45, 7) is 11.2. The predicted molar refractivity (Wildman–Crippen MR) is 69.2 cm³/mol. The molecule has 0 rings (SSSR count). The molecule has 0 amide bonds. The first-order valence-electron chi connectivity index (χ1n) is 5.97. The molecule has 0 aliphatic rings. The van der Waals surface area contributed by atoms with Gasteiger partial charge in [0.15, 0.2) is 0 Å². The zero-order valence-electron chi connectivity index (χ0n) is 11.3. The average molecular weight is 271 g/mol. The molecule has 0 aliphatic heterocycles. The first kappa shape index (κ1) is 17.1. The largest absolute Gasteiger partial charge is 0.441 e. The van der Waals surface area contributed by atoms with E-state index >= 15 is 0 Å². The van der Waals surface area contributed by atoms with Crippen molar-refractivity contribution in [1.29, 1.82) is 0 Å². The van der Waals surface area contributed by atoms with Gasteiger partial charge in [-0.3, -0.25) is 0 Å². The molecule has 0 heterocycles. The van der Waals surface area contributed by atoms with E-state index < -0.39 is 5.51 Å². The van der Waals surface area contributed by atoms with Crippen molar-refractivity contribution in [2.45, 2.75) is 52.1 Å². The fourth-order valence-electron chi connectivity index (χ4n) is 1.31. The smallest absolute Gasteiger partial charge is 0.312 e. The van der Waals surface area contributed by atoms with E-state index in [0.717, 1.165) is 6.54 Å². The number of hydrogen-bond donors (Lipinski definition) is 1. The van der Waals surface area contributed by atoms with Crippen molar-refractivity contribution < 1.29 is 13.2 Å². The van der Waals surface area contributed by atoms with Gasteiger partial charge in [-0.1, -0.05) is 25.6 Å². The van der Waals surface area contributed by atoms with E-state index in [9.17, 15) is 13.2 Å². The van der Waals surface area contributed by atoms with Gasteiger partial charge in [-0.25, -0.2) is 0 Å². The van der Waals surface area contributed by atoms with Crippen molar-refractivity contribution in [2.24, 2.45) is 11.8 Å². The normalized spacial score (nSPS) is 16.9.